The Morgan fingerprint density at radius 3 is 2.41 bits per heavy atom. The van der Waals surface area contributed by atoms with Crippen LogP contribution < -0.4 is 5.32 Å². The first-order chi connectivity index (χ1) is 10.4. The number of nitrogens with zero attached hydrogens (tertiary/aromatic N) is 1. The molecule has 0 spiro atoms. The number of carboxylic acid groups (broad SMARTS) is 1. The van der Waals surface area contributed by atoms with Gasteiger partial charge in [0.15, 0.2) is 0 Å². The molecule has 0 aliphatic carbocycles. The third kappa shape index (κ3) is 2.95. The van der Waals surface area contributed by atoms with Gasteiger partial charge in [0.2, 0.25) is 0 Å². The van der Waals surface area contributed by atoms with Gasteiger partial charge < -0.3 is 10.4 Å². The van der Waals surface area contributed by atoms with Crippen molar-refractivity contribution in [1.29, 1.82) is 0 Å². The zero-order valence-electron chi connectivity index (χ0n) is 12.7. The van der Waals surface area contributed by atoms with E-state index in [2.05, 4.69) is 19.2 Å². The molecule has 1 aliphatic heterocycles. The first-order valence-corrected chi connectivity index (χ1v) is 7.38. The quantitative estimate of drug-likeness (QED) is 0.643. The highest BCUT2D eigenvalue weighted by atomic mass is 16.6. The number of hydrogen-bond acceptors (Lipinski definition) is 4. The van der Waals surface area contributed by atoms with Gasteiger partial charge in [-0.2, -0.15) is 0 Å². The lowest BCUT2D eigenvalue weighted by Crippen LogP contribution is -2.46. The second kappa shape index (κ2) is 6.17. The molecule has 1 aliphatic rings. The Morgan fingerprint density at radius 2 is 1.95 bits per heavy atom. The van der Waals surface area contributed by atoms with Crippen LogP contribution in [-0.2, 0) is 4.79 Å². The Balaban J connectivity index is 2.39. The van der Waals surface area contributed by atoms with Crippen LogP contribution in [0.3, 0.4) is 0 Å². The van der Waals surface area contributed by atoms with Gasteiger partial charge in [-0.3, -0.25) is 10.1 Å². The van der Waals surface area contributed by atoms with Crippen molar-refractivity contribution in [3.8, 4) is 0 Å². The van der Waals surface area contributed by atoms with Crippen molar-refractivity contribution >= 4 is 11.7 Å². The van der Waals surface area contributed by atoms with Gasteiger partial charge in [0.05, 0.1) is 10.5 Å². The summed E-state index contributed by atoms with van der Waals surface area (Å²) in [7, 11) is 0. The Kier molecular flexibility index (Phi) is 4.49. The summed E-state index contributed by atoms with van der Waals surface area (Å²) in [4.78, 5) is 21.8. The van der Waals surface area contributed by atoms with E-state index in [0.717, 1.165) is 18.4 Å². The van der Waals surface area contributed by atoms with E-state index < -0.39 is 10.9 Å². The van der Waals surface area contributed by atoms with Crippen LogP contribution in [0.1, 0.15) is 44.6 Å². The molecule has 2 N–H and O–H groups in total. The molecule has 1 unspecified atom stereocenters. The van der Waals surface area contributed by atoms with Crippen molar-refractivity contribution < 1.29 is 14.8 Å². The molecule has 0 aromatic heterocycles. The van der Waals surface area contributed by atoms with Crippen LogP contribution in [0.4, 0.5) is 5.69 Å². The van der Waals surface area contributed by atoms with Crippen molar-refractivity contribution in [3.05, 3.63) is 51.7 Å². The molecule has 0 amide bonds. The largest absolute Gasteiger partial charge is 0.478 e. The third-order valence-electron chi connectivity index (χ3n) is 4.61. The number of nitro benzene ring substituents is 1. The Bertz CT molecular complexity index is 603. The first-order valence-electron chi connectivity index (χ1n) is 7.38. The average molecular weight is 304 g/mol. The summed E-state index contributed by atoms with van der Waals surface area (Å²) in [5, 5.41) is 23.4. The molecule has 0 radical (unpaired) electrons. The lowest BCUT2D eigenvalue weighted by atomic mass is 9.75. The normalized spacial score (nSPS) is 19.9. The molecule has 1 heterocycles. The van der Waals surface area contributed by atoms with Gasteiger partial charge in [0.25, 0.3) is 5.69 Å². The fourth-order valence-electron chi connectivity index (χ4n) is 2.97. The van der Waals surface area contributed by atoms with Crippen LogP contribution in [0.5, 0.6) is 0 Å². The van der Waals surface area contributed by atoms with Gasteiger partial charge in [0, 0.05) is 29.8 Å². The van der Waals surface area contributed by atoms with E-state index in [4.69, 9.17) is 0 Å². The molecule has 0 saturated carbocycles. The van der Waals surface area contributed by atoms with Crippen molar-refractivity contribution in [3.63, 3.8) is 0 Å². The predicted octanol–water partition coefficient (Wildman–Crippen LogP) is 3.20. The van der Waals surface area contributed by atoms with Crippen LogP contribution in [-0.4, -0.2) is 21.5 Å². The molecule has 1 aromatic rings. The van der Waals surface area contributed by atoms with Gasteiger partial charge in [-0.25, -0.2) is 4.79 Å². The van der Waals surface area contributed by atoms with Crippen LogP contribution >= 0.6 is 0 Å². The summed E-state index contributed by atoms with van der Waals surface area (Å²) in [6, 6.07) is 6.16. The minimum absolute atomic E-state index is 0.00999. The first kappa shape index (κ1) is 16.0. The van der Waals surface area contributed by atoms with E-state index in [-0.39, 0.29) is 17.1 Å². The topological polar surface area (TPSA) is 92.5 Å². The van der Waals surface area contributed by atoms with Crippen LogP contribution in [0.25, 0.3) is 0 Å². The highest BCUT2D eigenvalue weighted by molar-refractivity contribution is 5.88. The summed E-state index contributed by atoms with van der Waals surface area (Å²) in [5.74, 6) is -1.23. The van der Waals surface area contributed by atoms with Crippen molar-refractivity contribution in [2.45, 2.75) is 44.6 Å². The maximum atomic E-state index is 11.5. The highest BCUT2D eigenvalue weighted by Crippen LogP contribution is 2.39. The number of nitro groups is 1. The fraction of sp³-hybridized carbons (Fsp3) is 0.438. The second-order valence-electron chi connectivity index (χ2n) is 5.64. The molecule has 6 heteroatoms. The molecule has 6 nitrogen and oxygen atoms in total. The van der Waals surface area contributed by atoms with E-state index in [1.165, 1.54) is 12.1 Å². The Hall–Kier alpha value is -2.37. The Labute approximate surface area is 129 Å². The van der Waals surface area contributed by atoms with Gasteiger partial charge in [-0.1, -0.05) is 26.0 Å². The summed E-state index contributed by atoms with van der Waals surface area (Å²) < 4.78 is 0. The molecular formula is C16H20N2O4. The highest BCUT2D eigenvalue weighted by Gasteiger charge is 2.37. The zero-order valence-corrected chi connectivity index (χ0v) is 12.7. The van der Waals surface area contributed by atoms with E-state index in [1.54, 1.807) is 18.3 Å². The molecule has 0 bridgehead atoms. The molecule has 1 atom stereocenters. The molecule has 0 saturated heterocycles. The zero-order chi connectivity index (χ0) is 16.3. The summed E-state index contributed by atoms with van der Waals surface area (Å²) in [5.41, 5.74) is 0.972. The monoisotopic (exact) mass is 304 g/mol. The number of carbonyl (C=O) groups is 1. The average Bonchev–Trinajstić information content (AvgIpc) is 2.54. The minimum atomic E-state index is -0.961. The molecule has 0 fully saturated rings. The van der Waals surface area contributed by atoms with Crippen molar-refractivity contribution in [2.24, 2.45) is 0 Å². The Morgan fingerprint density at radius 1 is 1.36 bits per heavy atom. The van der Waals surface area contributed by atoms with Gasteiger partial charge >= 0.3 is 5.97 Å². The number of carboxylic acids is 1. The van der Waals surface area contributed by atoms with E-state index in [0.29, 0.717) is 12.0 Å². The molecular weight excluding hydrogens is 284 g/mol. The molecule has 118 valence electrons. The second-order valence-corrected chi connectivity index (χ2v) is 5.64. The van der Waals surface area contributed by atoms with E-state index >= 15 is 0 Å². The summed E-state index contributed by atoms with van der Waals surface area (Å²) in [6.07, 6.45) is 4.02. The predicted molar refractivity (Wildman–Crippen MR) is 82.6 cm³/mol. The van der Waals surface area contributed by atoms with Crippen LogP contribution in [0.15, 0.2) is 36.0 Å². The number of rotatable bonds is 5. The number of aliphatic carboxylic acids is 1. The van der Waals surface area contributed by atoms with Gasteiger partial charge in [-0.05, 0) is 24.8 Å². The maximum Gasteiger partial charge on any atom is 0.333 e. The number of nitrogens with one attached hydrogen (secondary N) is 1. The molecule has 22 heavy (non-hydrogen) atoms. The molecule has 1 aromatic carbocycles. The molecule has 2 rings (SSSR count). The van der Waals surface area contributed by atoms with Gasteiger partial charge in [-0.15, -0.1) is 0 Å². The number of benzene rings is 1. The van der Waals surface area contributed by atoms with Crippen LogP contribution in [0.2, 0.25) is 0 Å². The third-order valence-corrected chi connectivity index (χ3v) is 4.61. The lowest BCUT2D eigenvalue weighted by Gasteiger charge is -2.40. The lowest BCUT2D eigenvalue weighted by molar-refractivity contribution is -0.384. The number of hydrogen-bond donors (Lipinski definition) is 2. The SMILES string of the molecule is CCC1(CC)CC(c2ccc([N+](=O)[O-])cc2)C(C(=O)O)=CN1. The van der Waals surface area contributed by atoms with Crippen molar-refractivity contribution in [1.82, 2.24) is 5.32 Å². The summed E-state index contributed by atoms with van der Waals surface area (Å²) >= 11 is 0. The smallest absolute Gasteiger partial charge is 0.333 e. The number of non-ortho nitro benzene ring substituents is 1. The van der Waals surface area contributed by atoms with Crippen molar-refractivity contribution in [2.75, 3.05) is 0 Å². The van der Waals surface area contributed by atoms with Crippen LogP contribution in [0, 0.1) is 10.1 Å². The standard InChI is InChI=1S/C16H20N2O4/c1-3-16(4-2)9-13(14(10-17-16)15(19)20)11-5-7-12(8-6-11)18(21)22/h5-8,10,13,17H,3-4,9H2,1-2H3,(H,19,20). The maximum absolute atomic E-state index is 11.5. The fourth-order valence-corrected chi connectivity index (χ4v) is 2.97. The summed E-state index contributed by atoms with van der Waals surface area (Å²) in [6.45, 7) is 4.14. The van der Waals surface area contributed by atoms with Gasteiger partial charge in [0.1, 0.15) is 0 Å². The van der Waals surface area contributed by atoms with E-state index in [9.17, 15) is 20.0 Å². The minimum Gasteiger partial charge on any atom is -0.478 e. The van der Waals surface area contributed by atoms with E-state index in [1.807, 2.05) is 0 Å².